The van der Waals surface area contributed by atoms with Gasteiger partial charge in [0.25, 0.3) is 0 Å². The van der Waals surface area contributed by atoms with Crippen LogP contribution >= 0.6 is 0 Å². The van der Waals surface area contributed by atoms with Gasteiger partial charge in [-0.3, -0.25) is 9.88 Å². The summed E-state index contributed by atoms with van der Waals surface area (Å²) in [6.45, 7) is 5.04. The molecule has 0 radical (unpaired) electrons. The molecule has 126 valence electrons. The van der Waals surface area contributed by atoms with Crippen LogP contribution in [-0.2, 0) is 16.1 Å². The summed E-state index contributed by atoms with van der Waals surface area (Å²) in [4.78, 5) is 6.65. The Morgan fingerprint density at radius 3 is 2.74 bits per heavy atom. The van der Waals surface area contributed by atoms with Gasteiger partial charge in [0.1, 0.15) is 0 Å². The van der Waals surface area contributed by atoms with Crippen LogP contribution in [-0.4, -0.2) is 47.8 Å². The fourth-order valence-corrected chi connectivity index (χ4v) is 4.49. The summed E-state index contributed by atoms with van der Waals surface area (Å²) >= 11 is 0. The van der Waals surface area contributed by atoms with Crippen molar-refractivity contribution in [2.75, 3.05) is 26.2 Å². The van der Waals surface area contributed by atoms with Crippen LogP contribution in [0.15, 0.2) is 24.5 Å². The number of hydrogen-bond donors (Lipinski definition) is 0. The SMILES string of the molecule is c1cc(CO[C@H]2CCOC3(C2)CN(CC2CCCC2)C3)ccn1. The van der Waals surface area contributed by atoms with E-state index >= 15 is 0 Å². The van der Waals surface area contributed by atoms with Crippen molar-refractivity contribution < 1.29 is 9.47 Å². The average Bonchev–Trinajstić information content (AvgIpc) is 3.06. The van der Waals surface area contributed by atoms with Gasteiger partial charge in [0, 0.05) is 45.1 Å². The zero-order valence-electron chi connectivity index (χ0n) is 14.0. The van der Waals surface area contributed by atoms with E-state index in [1.807, 2.05) is 24.5 Å². The number of hydrogen-bond acceptors (Lipinski definition) is 4. The first kappa shape index (κ1) is 15.6. The minimum absolute atomic E-state index is 0.0831. The Kier molecular flexibility index (Phi) is 4.65. The molecule has 2 aliphatic heterocycles. The Balaban J connectivity index is 1.23. The van der Waals surface area contributed by atoms with Crippen molar-refractivity contribution in [2.45, 2.75) is 56.8 Å². The molecular formula is C19H28N2O2. The van der Waals surface area contributed by atoms with Gasteiger partial charge in [0.2, 0.25) is 0 Å². The molecule has 1 aromatic rings. The number of likely N-dealkylation sites (tertiary alicyclic amines) is 1. The molecule has 1 spiro atoms. The Bertz CT molecular complexity index is 495. The van der Waals surface area contributed by atoms with E-state index in [2.05, 4.69) is 9.88 Å². The quantitative estimate of drug-likeness (QED) is 0.836. The van der Waals surface area contributed by atoms with Gasteiger partial charge >= 0.3 is 0 Å². The van der Waals surface area contributed by atoms with Gasteiger partial charge in [0.05, 0.1) is 18.3 Å². The lowest BCUT2D eigenvalue weighted by molar-refractivity contribution is -0.200. The highest BCUT2D eigenvalue weighted by Crippen LogP contribution is 2.37. The molecular weight excluding hydrogens is 288 g/mol. The first-order valence-corrected chi connectivity index (χ1v) is 9.18. The van der Waals surface area contributed by atoms with Crippen LogP contribution in [0.5, 0.6) is 0 Å². The Morgan fingerprint density at radius 2 is 1.96 bits per heavy atom. The maximum absolute atomic E-state index is 6.15. The monoisotopic (exact) mass is 316 g/mol. The third-order valence-electron chi connectivity index (χ3n) is 5.70. The maximum Gasteiger partial charge on any atom is 0.0959 e. The molecule has 0 N–H and O–H groups in total. The van der Waals surface area contributed by atoms with Crippen LogP contribution in [0.1, 0.15) is 44.1 Å². The lowest BCUT2D eigenvalue weighted by Crippen LogP contribution is -2.66. The molecule has 4 rings (SSSR count). The molecule has 1 aliphatic carbocycles. The lowest BCUT2D eigenvalue weighted by atomic mass is 9.84. The van der Waals surface area contributed by atoms with Crippen LogP contribution in [0, 0.1) is 5.92 Å². The van der Waals surface area contributed by atoms with Crippen LogP contribution in [0.25, 0.3) is 0 Å². The molecule has 0 amide bonds. The van der Waals surface area contributed by atoms with Gasteiger partial charge < -0.3 is 9.47 Å². The van der Waals surface area contributed by atoms with Crippen LogP contribution in [0.4, 0.5) is 0 Å². The van der Waals surface area contributed by atoms with Crippen LogP contribution in [0.3, 0.4) is 0 Å². The molecule has 0 aromatic carbocycles. The highest BCUT2D eigenvalue weighted by molar-refractivity contribution is 5.08. The number of aromatic nitrogens is 1. The molecule has 1 saturated carbocycles. The van der Waals surface area contributed by atoms with Crippen molar-refractivity contribution in [3.63, 3.8) is 0 Å². The summed E-state index contributed by atoms with van der Waals surface area (Å²) < 4.78 is 12.3. The summed E-state index contributed by atoms with van der Waals surface area (Å²) in [5.74, 6) is 0.940. The van der Waals surface area contributed by atoms with E-state index < -0.39 is 0 Å². The fourth-order valence-electron chi connectivity index (χ4n) is 4.49. The van der Waals surface area contributed by atoms with Crippen molar-refractivity contribution in [3.05, 3.63) is 30.1 Å². The molecule has 4 nitrogen and oxygen atoms in total. The number of pyridine rings is 1. The molecule has 3 aliphatic rings. The van der Waals surface area contributed by atoms with Crippen LogP contribution in [0.2, 0.25) is 0 Å². The van der Waals surface area contributed by atoms with Gasteiger partial charge in [-0.15, -0.1) is 0 Å². The van der Waals surface area contributed by atoms with E-state index in [0.29, 0.717) is 12.7 Å². The Labute approximate surface area is 139 Å². The Hall–Kier alpha value is -0.970. The van der Waals surface area contributed by atoms with E-state index in [-0.39, 0.29) is 5.60 Å². The molecule has 3 heterocycles. The number of rotatable bonds is 5. The first-order chi connectivity index (χ1) is 11.3. The summed E-state index contributed by atoms with van der Waals surface area (Å²) in [6, 6.07) is 4.06. The van der Waals surface area contributed by atoms with E-state index in [1.54, 1.807) is 0 Å². The summed E-state index contributed by atoms with van der Waals surface area (Å²) in [5.41, 5.74) is 1.29. The second-order valence-electron chi connectivity index (χ2n) is 7.63. The average molecular weight is 316 g/mol. The molecule has 2 saturated heterocycles. The molecule has 0 unspecified atom stereocenters. The van der Waals surface area contributed by atoms with Crippen molar-refractivity contribution in [3.8, 4) is 0 Å². The van der Waals surface area contributed by atoms with Crippen molar-refractivity contribution in [1.29, 1.82) is 0 Å². The standard InChI is InChI=1S/C19H28N2O2/c1-2-4-16(3-1)12-21-14-19(15-21)11-18(7-10-23-19)22-13-17-5-8-20-9-6-17/h5-6,8-9,16,18H,1-4,7,10-15H2/t18-/m0/s1. The third kappa shape index (κ3) is 3.76. The van der Waals surface area contributed by atoms with Crippen molar-refractivity contribution in [1.82, 2.24) is 9.88 Å². The normalized spacial score (nSPS) is 28.1. The van der Waals surface area contributed by atoms with Gasteiger partial charge in [-0.2, -0.15) is 0 Å². The minimum Gasteiger partial charge on any atom is -0.373 e. The predicted molar refractivity (Wildman–Crippen MR) is 89.1 cm³/mol. The van der Waals surface area contributed by atoms with E-state index in [1.165, 1.54) is 37.8 Å². The van der Waals surface area contributed by atoms with E-state index in [0.717, 1.165) is 38.5 Å². The number of ether oxygens (including phenoxy) is 2. The Morgan fingerprint density at radius 1 is 1.17 bits per heavy atom. The van der Waals surface area contributed by atoms with Gasteiger partial charge in [-0.1, -0.05) is 12.8 Å². The topological polar surface area (TPSA) is 34.6 Å². The van der Waals surface area contributed by atoms with Gasteiger partial charge in [-0.25, -0.2) is 0 Å². The predicted octanol–water partition coefficient (Wildman–Crippen LogP) is 3.02. The largest absolute Gasteiger partial charge is 0.373 e. The second kappa shape index (κ2) is 6.88. The van der Waals surface area contributed by atoms with Gasteiger partial charge in [0.15, 0.2) is 0 Å². The molecule has 23 heavy (non-hydrogen) atoms. The van der Waals surface area contributed by atoms with Gasteiger partial charge in [-0.05, 0) is 42.9 Å². The summed E-state index contributed by atoms with van der Waals surface area (Å²) in [6.07, 6.45) is 11.8. The van der Waals surface area contributed by atoms with Crippen LogP contribution < -0.4 is 0 Å². The molecule has 4 heteroatoms. The molecule has 1 aromatic heterocycles. The first-order valence-electron chi connectivity index (χ1n) is 9.18. The summed E-state index contributed by atoms with van der Waals surface area (Å²) in [7, 11) is 0. The minimum atomic E-state index is 0.0831. The smallest absolute Gasteiger partial charge is 0.0959 e. The number of nitrogens with zero attached hydrogens (tertiary/aromatic N) is 2. The zero-order valence-corrected chi connectivity index (χ0v) is 14.0. The highest BCUT2D eigenvalue weighted by atomic mass is 16.5. The van der Waals surface area contributed by atoms with E-state index in [9.17, 15) is 0 Å². The lowest BCUT2D eigenvalue weighted by Gasteiger charge is -2.53. The summed E-state index contributed by atoms with van der Waals surface area (Å²) in [5, 5.41) is 0. The molecule has 0 bridgehead atoms. The third-order valence-corrected chi connectivity index (χ3v) is 5.70. The molecule has 1 atom stereocenters. The maximum atomic E-state index is 6.15. The fraction of sp³-hybridized carbons (Fsp3) is 0.737. The zero-order chi connectivity index (χ0) is 15.5. The highest BCUT2D eigenvalue weighted by Gasteiger charge is 2.48. The van der Waals surface area contributed by atoms with E-state index in [4.69, 9.17) is 9.47 Å². The van der Waals surface area contributed by atoms with Crippen molar-refractivity contribution >= 4 is 0 Å². The molecule has 3 fully saturated rings. The second-order valence-corrected chi connectivity index (χ2v) is 7.63. The van der Waals surface area contributed by atoms with Crippen molar-refractivity contribution in [2.24, 2.45) is 5.92 Å².